The van der Waals surface area contributed by atoms with Crippen molar-refractivity contribution in [2.45, 2.75) is 19.8 Å². The van der Waals surface area contributed by atoms with Gasteiger partial charge in [0.2, 0.25) is 0 Å². The molecule has 6 heteroatoms. The van der Waals surface area contributed by atoms with Crippen molar-refractivity contribution < 1.29 is 9.53 Å². The highest BCUT2D eigenvalue weighted by atomic mass is 79.9. The normalized spacial score (nSPS) is 10.3. The van der Waals surface area contributed by atoms with Gasteiger partial charge >= 0.3 is 0 Å². The largest absolute Gasteiger partial charge is 0.384 e. The lowest BCUT2D eigenvalue weighted by Gasteiger charge is -2.07. The molecule has 0 aromatic carbocycles. The van der Waals surface area contributed by atoms with Crippen LogP contribution in [0.15, 0.2) is 16.7 Å². The van der Waals surface area contributed by atoms with E-state index in [2.05, 4.69) is 33.2 Å². The van der Waals surface area contributed by atoms with Crippen LogP contribution in [0.1, 0.15) is 30.1 Å². The van der Waals surface area contributed by atoms with E-state index in [0.717, 1.165) is 19.4 Å². The van der Waals surface area contributed by atoms with Gasteiger partial charge in [0.05, 0.1) is 5.56 Å². The van der Waals surface area contributed by atoms with Gasteiger partial charge in [-0.3, -0.25) is 4.79 Å². The summed E-state index contributed by atoms with van der Waals surface area (Å²) >= 11 is 3.27. The second-order valence-corrected chi connectivity index (χ2v) is 4.67. The SMILES string of the molecule is CCCOCCCNC(=O)c1cc(N)ncc1Br. The average Bonchev–Trinajstić information content (AvgIpc) is 2.36. The summed E-state index contributed by atoms with van der Waals surface area (Å²) in [5, 5.41) is 2.81. The highest BCUT2D eigenvalue weighted by molar-refractivity contribution is 9.10. The number of carbonyl (C=O) groups excluding carboxylic acids is 1. The molecule has 1 rings (SSSR count). The molecule has 0 aliphatic rings. The lowest BCUT2D eigenvalue weighted by atomic mass is 10.2. The first-order chi connectivity index (χ1) is 8.65. The van der Waals surface area contributed by atoms with Crippen molar-refractivity contribution in [3.63, 3.8) is 0 Å². The van der Waals surface area contributed by atoms with Crippen molar-refractivity contribution in [3.8, 4) is 0 Å². The second-order valence-electron chi connectivity index (χ2n) is 3.81. The molecule has 1 heterocycles. The molecular formula is C12H18BrN3O2. The highest BCUT2D eigenvalue weighted by Crippen LogP contribution is 2.16. The summed E-state index contributed by atoms with van der Waals surface area (Å²) < 4.78 is 5.96. The Morgan fingerprint density at radius 2 is 2.33 bits per heavy atom. The summed E-state index contributed by atoms with van der Waals surface area (Å²) in [6.07, 6.45) is 3.33. The number of hydrogen-bond acceptors (Lipinski definition) is 4. The van der Waals surface area contributed by atoms with Gasteiger partial charge < -0.3 is 15.8 Å². The third-order valence-corrected chi connectivity index (χ3v) is 2.85. The van der Waals surface area contributed by atoms with Gasteiger partial charge in [0.15, 0.2) is 0 Å². The maximum Gasteiger partial charge on any atom is 0.252 e. The van der Waals surface area contributed by atoms with E-state index in [9.17, 15) is 4.79 Å². The molecule has 1 aromatic rings. The Bertz CT molecular complexity index is 399. The number of halogens is 1. The van der Waals surface area contributed by atoms with E-state index < -0.39 is 0 Å². The minimum Gasteiger partial charge on any atom is -0.384 e. The lowest BCUT2D eigenvalue weighted by molar-refractivity contribution is 0.0940. The van der Waals surface area contributed by atoms with Gasteiger partial charge in [0, 0.05) is 30.4 Å². The number of pyridine rings is 1. The van der Waals surface area contributed by atoms with E-state index in [1.54, 1.807) is 6.07 Å². The summed E-state index contributed by atoms with van der Waals surface area (Å²) in [5.74, 6) is 0.168. The van der Waals surface area contributed by atoms with Crippen LogP contribution in [0, 0.1) is 0 Å². The van der Waals surface area contributed by atoms with Crippen LogP contribution in [0.4, 0.5) is 5.82 Å². The molecule has 3 N–H and O–H groups in total. The summed E-state index contributed by atoms with van der Waals surface area (Å²) in [5.41, 5.74) is 6.04. The Hall–Kier alpha value is -1.14. The quantitative estimate of drug-likeness (QED) is 0.754. The Kier molecular flexibility index (Phi) is 6.67. The molecule has 1 amide bonds. The number of nitrogen functional groups attached to an aromatic ring is 1. The third-order valence-electron chi connectivity index (χ3n) is 2.22. The summed E-state index contributed by atoms with van der Waals surface area (Å²) in [6.45, 7) is 4.07. The molecule has 5 nitrogen and oxygen atoms in total. The first-order valence-corrected chi connectivity index (χ1v) is 6.71. The van der Waals surface area contributed by atoms with E-state index in [1.165, 1.54) is 6.20 Å². The molecular weight excluding hydrogens is 298 g/mol. The van der Waals surface area contributed by atoms with Crippen LogP contribution < -0.4 is 11.1 Å². The maximum atomic E-state index is 11.8. The Morgan fingerprint density at radius 1 is 1.56 bits per heavy atom. The third kappa shape index (κ3) is 5.01. The van der Waals surface area contributed by atoms with Crippen LogP contribution in [-0.2, 0) is 4.74 Å². The van der Waals surface area contributed by atoms with Crippen LogP contribution in [-0.4, -0.2) is 30.6 Å². The van der Waals surface area contributed by atoms with Crippen LogP contribution in [0.25, 0.3) is 0 Å². The predicted octanol–water partition coefficient (Wildman–Crippen LogP) is 1.97. The van der Waals surface area contributed by atoms with Crippen molar-refractivity contribution in [2.24, 2.45) is 0 Å². The molecule has 100 valence electrons. The Morgan fingerprint density at radius 3 is 3.06 bits per heavy atom. The second kappa shape index (κ2) is 8.05. The molecule has 0 aliphatic carbocycles. The smallest absolute Gasteiger partial charge is 0.252 e. The van der Waals surface area contributed by atoms with Crippen molar-refractivity contribution in [3.05, 3.63) is 22.3 Å². The zero-order valence-corrected chi connectivity index (χ0v) is 12.0. The number of aromatic nitrogens is 1. The number of ether oxygens (including phenoxy) is 1. The van der Waals surface area contributed by atoms with Crippen molar-refractivity contribution >= 4 is 27.7 Å². The molecule has 0 aliphatic heterocycles. The topological polar surface area (TPSA) is 77.2 Å². The maximum absolute atomic E-state index is 11.8. The summed E-state index contributed by atoms with van der Waals surface area (Å²) in [6, 6.07) is 1.55. The van der Waals surface area contributed by atoms with Gasteiger partial charge in [-0.2, -0.15) is 0 Å². The number of nitrogens with one attached hydrogen (secondary N) is 1. The van der Waals surface area contributed by atoms with Crippen molar-refractivity contribution in [2.75, 3.05) is 25.5 Å². The molecule has 0 saturated heterocycles. The molecule has 0 spiro atoms. The van der Waals surface area contributed by atoms with Gasteiger partial charge in [-0.25, -0.2) is 4.98 Å². The predicted molar refractivity (Wildman–Crippen MR) is 74.4 cm³/mol. The lowest BCUT2D eigenvalue weighted by Crippen LogP contribution is -2.25. The van der Waals surface area contributed by atoms with E-state index >= 15 is 0 Å². The number of nitrogens with two attached hydrogens (primary N) is 1. The van der Waals surface area contributed by atoms with Gasteiger partial charge in [-0.15, -0.1) is 0 Å². The van der Waals surface area contributed by atoms with Gasteiger partial charge in [-0.05, 0) is 34.8 Å². The van der Waals surface area contributed by atoms with E-state index in [1.807, 2.05) is 0 Å². The number of hydrogen-bond donors (Lipinski definition) is 2. The first kappa shape index (κ1) is 14.9. The van der Waals surface area contributed by atoms with Gasteiger partial charge in [-0.1, -0.05) is 6.92 Å². The molecule has 0 unspecified atom stereocenters. The number of nitrogens with zero attached hydrogens (tertiary/aromatic N) is 1. The van der Waals surface area contributed by atoms with Gasteiger partial charge in [0.25, 0.3) is 5.91 Å². The number of anilines is 1. The fraction of sp³-hybridized carbons (Fsp3) is 0.500. The standard InChI is InChI=1S/C12H18BrN3O2/c1-2-5-18-6-3-4-15-12(17)9-7-11(14)16-8-10(9)13/h7-8H,2-6H2,1H3,(H2,14,16)(H,15,17). The Balaban J connectivity index is 2.34. The molecule has 0 bridgehead atoms. The number of carbonyl (C=O) groups is 1. The number of amides is 1. The van der Waals surface area contributed by atoms with E-state index in [0.29, 0.717) is 29.0 Å². The van der Waals surface area contributed by atoms with E-state index in [-0.39, 0.29) is 5.91 Å². The molecule has 0 atom stereocenters. The summed E-state index contributed by atoms with van der Waals surface area (Å²) in [4.78, 5) is 15.7. The van der Waals surface area contributed by atoms with Crippen LogP contribution in [0.5, 0.6) is 0 Å². The average molecular weight is 316 g/mol. The van der Waals surface area contributed by atoms with Crippen molar-refractivity contribution in [1.82, 2.24) is 10.3 Å². The fourth-order valence-corrected chi connectivity index (χ4v) is 1.74. The molecule has 1 aromatic heterocycles. The minimum atomic E-state index is -0.161. The van der Waals surface area contributed by atoms with E-state index in [4.69, 9.17) is 10.5 Å². The van der Waals surface area contributed by atoms with Crippen LogP contribution >= 0.6 is 15.9 Å². The van der Waals surface area contributed by atoms with Crippen LogP contribution in [0.3, 0.4) is 0 Å². The highest BCUT2D eigenvalue weighted by Gasteiger charge is 2.10. The Labute approximate surface area is 115 Å². The monoisotopic (exact) mass is 315 g/mol. The molecule has 0 fully saturated rings. The summed E-state index contributed by atoms with van der Waals surface area (Å²) in [7, 11) is 0. The molecule has 0 radical (unpaired) electrons. The van der Waals surface area contributed by atoms with Crippen molar-refractivity contribution in [1.29, 1.82) is 0 Å². The molecule has 0 saturated carbocycles. The fourth-order valence-electron chi connectivity index (χ4n) is 1.35. The first-order valence-electron chi connectivity index (χ1n) is 5.92. The minimum absolute atomic E-state index is 0.161. The zero-order chi connectivity index (χ0) is 13.4. The molecule has 18 heavy (non-hydrogen) atoms. The van der Waals surface area contributed by atoms with Gasteiger partial charge in [0.1, 0.15) is 5.82 Å². The van der Waals surface area contributed by atoms with Crippen LogP contribution in [0.2, 0.25) is 0 Å². The zero-order valence-electron chi connectivity index (χ0n) is 10.4. The number of rotatable bonds is 7.